The van der Waals surface area contributed by atoms with E-state index in [0.29, 0.717) is 74.1 Å². The van der Waals surface area contributed by atoms with E-state index in [0.717, 1.165) is 24.8 Å². The lowest BCUT2D eigenvalue weighted by Gasteiger charge is -2.33. The first-order valence-electron chi connectivity index (χ1n) is 13.6. The van der Waals surface area contributed by atoms with Crippen LogP contribution < -0.4 is 0 Å². The van der Waals surface area contributed by atoms with Gasteiger partial charge in [0.05, 0.1) is 11.4 Å². The maximum atomic E-state index is 13.1. The van der Waals surface area contributed by atoms with Gasteiger partial charge in [0.15, 0.2) is 5.82 Å². The topological polar surface area (TPSA) is 99.8 Å². The van der Waals surface area contributed by atoms with Gasteiger partial charge in [-0.15, -0.1) is 0 Å². The van der Waals surface area contributed by atoms with Gasteiger partial charge in [0.25, 0.3) is 0 Å². The lowest BCUT2D eigenvalue weighted by molar-refractivity contribution is -0.132. The Bertz CT molecular complexity index is 1120. The van der Waals surface area contributed by atoms with Crippen molar-refractivity contribution in [3.8, 4) is 0 Å². The Labute approximate surface area is 221 Å². The number of hydrogen-bond acceptors (Lipinski definition) is 7. The molecule has 0 bridgehead atoms. The van der Waals surface area contributed by atoms with Gasteiger partial charge >= 0.3 is 0 Å². The fourth-order valence-corrected chi connectivity index (χ4v) is 6.69. The number of hydrogen-bond donors (Lipinski definition) is 0. The van der Waals surface area contributed by atoms with Gasteiger partial charge in [-0.25, -0.2) is 8.42 Å². The average molecular weight is 532 g/mol. The molecule has 0 atom stereocenters. The maximum absolute atomic E-state index is 13.1. The van der Waals surface area contributed by atoms with E-state index in [-0.39, 0.29) is 5.91 Å². The summed E-state index contributed by atoms with van der Waals surface area (Å²) in [6, 6.07) is 7.62. The number of sulfonamides is 1. The highest BCUT2D eigenvalue weighted by Crippen LogP contribution is 2.23. The van der Waals surface area contributed by atoms with E-state index in [2.05, 4.69) is 28.9 Å². The fourth-order valence-electron chi connectivity index (χ4n) is 5.26. The molecule has 0 spiro atoms. The first-order valence-corrected chi connectivity index (χ1v) is 15.0. The highest BCUT2D eigenvalue weighted by Gasteiger charge is 2.29. The third-order valence-electron chi connectivity index (χ3n) is 7.48. The molecule has 1 aromatic carbocycles. The van der Waals surface area contributed by atoms with Crippen molar-refractivity contribution in [1.82, 2.24) is 24.2 Å². The van der Waals surface area contributed by atoms with Crippen molar-refractivity contribution in [3.05, 3.63) is 41.5 Å². The highest BCUT2D eigenvalue weighted by atomic mass is 32.2. The van der Waals surface area contributed by atoms with Crippen LogP contribution in [0.15, 0.2) is 33.7 Å². The molecule has 4 rings (SSSR count). The zero-order valence-corrected chi connectivity index (χ0v) is 23.3. The monoisotopic (exact) mass is 531 g/mol. The molecule has 1 aliphatic heterocycles. The average Bonchev–Trinajstić information content (AvgIpc) is 3.35. The van der Waals surface area contributed by atoms with Crippen LogP contribution in [0.5, 0.6) is 0 Å². The molecule has 10 heteroatoms. The Morgan fingerprint density at radius 1 is 1.08 bits per heavy atom. The van der Waals surface area contributed by atoms with E-state index < -0.39 is 10.0 Å². The lowest BCUT2D eigenvalue weighted by Crippen LogP contribution is -2.48. The number of piperazine rings is 1. The number of benzene rings is 1. The molecule has 2 aliphatic rings. The summed E-state index contributed by atoms with van der Waals surface area (Å²) >= 11 is 0. The van der Waals surface area contributed by atoms with Gasteiger partial charge in [0, 0.05) is 52.1 Å². The van der Waals surface area contributed by atoms with Crippen LogP contribution in [-0.2, 0) is 34.2 Å². The molecule has 37 heavy (non-hydrogen) atoms. The number of rotatable bonds is 10. The molecule has 1 amide bonds. The zero-order chi connectivity index (χ0) is 26.4. The molecule has 2 aromatic rings. The van der Waals surface area contributed by atoms with E-state index in [1.807, 2.05) is 24.1 Å². The predicted molar refractivity (Wildman–Crippen MR) is 141 cm³/mol. The number of amides is 1. The third kappa shape index (κ3) is 7.39. The molecule has 1 saturated carbocycles. The predicted octanol–water partition coefficient (Wildman–Crippen LogP) is 3.50. The van der Waals surface area contributed by atoms with Crippen molar-refractivity contribution >= 4 is 15.9 Å². The number of aromatic nitrogens is 2. The van der Waals surface area contributed by atoms with Crippen LogP contribution in [0.25, 0.3) is 0 Å². The van der Waals surface area contributed by atoms with E-state index in [1.54, 1.807) is 16.4 Å². The summed E-state index contributed by atoms with van der Waals surface area (Å²) in [4.78, 5) is 21.4. The van der Waals surface area contributed by atoms with Crippen LogP contribution in [0.2, 0.25) is 0 Å². The molecule has 1 aromatic heterocycles. The molecule has 204 valence electrons. The number of carbonyl (C=O) groups is 1. The van der Waals surface area contributed by atoms with Crippen LogP contribution >= 0.6 is 0 Å². The van der Waals surface area contributed by atoms with Gasteiger partial charge in [-0.3, -0.25) is 9.69 Å². The molecular weight excluding hydrogens is 490 g/mol. The van der Waals surface area contributed by atoms with E-state index in [1.165, 1.54) is 19.3 Å². The van der Waals surface area contributed by atoms with Crippen LogP contribution in [0.1, 0.15) is 69.7 Å². The summed E-state index contributed by atoms with van der Waals surface area (Å²) < 4.78 is 33.1. The second-order valence-corrected chi connectivity index (χ2v) is 12.8. The van der Waals surface area contributed by atoms with Crippen molar-refractivity contribution in [2.24, 2.45) is 5.92 Å². The van der Waals surface area contributed by atoms with Gasteiger partial charge < -0.3 is 9.42 Å². The van der Waals surface area contributed by atoms with E-state index >= 15 is 0 Å². The standard InChI is InChI=1S/C27H41N5O4S/c1-21(2)19-22-9-11-24(12-10-22)37(34,35)32-17-15-31(16-18-32)20-25-28-26(36-29-25)13-14-27(33)30(3)23-7-5-4-6-8-23/h9-12,21,23H,4-8,13-20H2,1-3H3. The van der Waals surface area contributed by atoms with E-state index in [4.69, 9.17) is 4.52 Å². The van der Waals surface area contributed by atoms with Gasteiger partial charge in [0.1, 0.15) is 0 Å². The minimum Gasteiger partial charge on any atom is -0.343 e. The normalized spacial score (nSPS) is 18.4. The van der Waals surface area contributed by atoms with Gasteiger partial charge in [0.2, 0.25) is 21.8 Å². The molecule has 0 radical (unpaired) electrons. The smallest absolute Gasteiger partial charge is 0.243 e. The molecule has 9 nitrogen and oxygen atoms in total. The summed E-state index contributed by atoms with van der Waals surface area (Å²) in [5.41, 5.74) is 1.15. The van der Waals surface area contributed by atoms with E-state index in [9.17, 15) is 13.2 Å². The summed E-state index contributed by atoms with van der Waals surface area (Å²) in [5.74, 6) is 1.70. The van der Waals surface area contributed by atoms with Gasteiger partial charge in [-0.2, -0.15) is 9.29 Å². The lowest BCUT2D eigenvalue weighted by atomic mass is 9.94. The molecule has 1 saturated heterocycles. The van der Waals surface area contributed by atoms with Crippen LogP contribution in [-0.4, -0.2) is 77.8 Å². The van der Waals surface area contributed by atoms with Crippen LogP contribution in [0.3, 0.4) is 0 Å². The highest BCUT2D eigenvalue weighted by molar-refractivity contribution is 7.89. The summed E-state index contributed by atoms with van der Waals surface area (Å²) in [7, 11) is -1.61. The SMILES string of the molecule is CC(C)Cc1ccc(S(=O)(=O)N2CCN(Cc3noc(CCC(=O)N(C)C4CCCCC4)n3)CC2)cc1. The largest absolute Gasteiger partial charge is 0.343 e. The van der Waals surface area contributed by atoms with Crippen molar-refractivity contribution in [2.75, 3.05) is 33.2 Å². The second-order valence-electron chi connectivity index (χ2n) is 10.8. The Hall–Kier alpha value is -2.30. The molecule has 0 N–H and O–H groups in total. The number of nitrogens with zero attached hydrogens (tertiary/aromatic N) is 5. The Morgan fingerprint density at radius 2 is 1.76 bits per heavy atom. The minimum absolute atomic E-state index is 0.124. The number of carbonyl (C=O) groups excluding carboxylic acids is 1. The summed E-state index contributed by atoms with van der Waals surface area (Å²) in [6.45, 7) is 6.83. The Balaban J connectivity index is 1.23. The maximum Gasteiger partial charge on any atom is 0.243 e. The van der Waals surface area contributed by atoms with Crippen molar-refractivity contribution in [1.29, 1.82) is 0 Å². The van der Waals surface area contributed by atoms with Crippen LogP contribution in [0.4, 0.5) is 0 Å². The van der Waals surface area contributed by atoms with Crippen LogP contribution in [0, 0.1) is 5.92 Å². The van der Waals surface area contributed by atoms with Crippen molar-refractivity contribution in [3.63, 3.8) is 0 Å². The second kappa shape index (κ2) is 12.5. The Kier molecular flexibility index (Phi) is 9.36. The molecule has 0 unspecified atom stereocenters. The Morgan fingerprint density at radius 3 is 2.41 bits per heavy atom. The number of aryl methyl sites for hydroxylation is 1. The molecular formula is C27H41N5O4S. The summed E-state index contributed by atoms with van der Waals surface area (Å²) in [5, 5.41) is 4.08. The third-order valence-corrected chi connectivity index (χ3v) is 9.39. The first kappa shape index (κ1) is 27.7. The van der Waals surface area contributed by atoms with Crippen molar-refractivity contribution in [2.45, 2.75) is 82.7 Å². The fraction of sp³-hybridized carbons (Fsp3) is 0.667. The molecule has 1 aliphatic carbocycles. The molecule has 2 heterocycles. The zero-order valence-electron chi connectivity index (χ0n) is 22.4. The first-order chi connectivity index (χ1) is 17.7. The van der Waals surface area contributed by atoms with Gasteiger partial charge in [-0.1, -0.05) is 50.4 Å². The minimum atomic E-state index is -3.51. The van der Waals surface area contributed by atoms with Gasteiger partial charge in [-0.05, 0) is 42.9 Å². The quantitative estimate of drug-likeness (QED) is 0.463. The van der Waals surface area contributed by atoms with Crippen molar-refractivity contribution < 1.29 is 17.7 Å². The summed E-state index contributed by atoms with van der Waals surface area (Å²) in [6.07, 6.45) is 7.57. The molecule has 2 fully saturated rings.